The molecule has 7 N–H and O–H groups in total. The van der Waals surface area contributed by atoms with Crippen LogP contribution in [0.1, 0.15) is 208 Å². The third kappa shape index (κ3) is 15.7. The minimum absolute atomic E-state index is 0.0396. The number of nitrogens with zero attached hydrogens (tertiary/aromatic N) is 5. The molecule has 3 saturated heterocycles. The van der Waals surface area contributed by atoms with Gasteiger partial charge in [0.2, 0.25) is 35.5 Å². The summed E-state index contributed by atoms with van der Waals surface area (Å²) in [4.78, 5) is 69.6. The number of aliphatic hydroxyl groups is 1. The van der Waals surface area contributed by atoms with Crippen molar-refractivity contribution < 1.29 is 57.2 Å². The van der Waals surface area contributed by atoms with E-state index in [0.717, 1.165) is 138 Å². The molecule has 5 amide bonds. The number of hydrogen-bond acceptors (Lipinski definition) is 14. The van der Waals surface area contributed by atoms with Crippen molar-refractivity contribution in [2.24, 2.45) is 11.8 Å². The van der Waals surface area contributed by atoms with Gasteiger partial charge >= 0.3 is 0 Å². The van der Waals surface area contributed by atoms with Crippen molar-refractivity contribution in [3.63, 3.8) is 0 Å². The minimum atomic E-state index is -2.68. The van der Waals surface area contributed by atoms with Gasteiger partial charge in [0.1, 0.15) is 44.2 Å². The molecule has 1 spiro atoms. The monoisotopic (exact) mass is 1270 g/mol. The molecule has 11 rings (SSSR count). The van der Waals surface area contributed by atoms with Gasteiger partial charge in [-0.2, -0.15) is 0 Å². The maximum absolute atomic E-state index is 13.9. The summed E-state index contributed by atoms with van der Waals surface area (Å²) in [5.74, 6) is -1.22. The zero-order valence-electron chi connectivity index (χ0n) is 53.7. The molecular weight excluding hydrogens is 1170 g/mol. The number of unbranched alkanes of at least 4 members (excludes halogenated alkanes) is 8. The number of likely N-dealkylation sites (tertiary alicyclic amines) is 1. The largest absolute Gasteiger partial charge is 0.504 e. The van der Waals surface area contributed by atoms with E-state index in [0.29, 0.717) is 75.5 Å². The van der Waals surface area contributed by atoms with Crippen LogP contribution < -0.4 is 31.3 Å². The number of phenolic OH excluding ortho intramolecular Hbond substituents is 1. The first kappa shape index (κ1) is 66.6. The Kier molecular flexibility index (Phi) is 22.0. The molecule has 1 aromatic heterocycles. The molecule has 3 unspecified atom stereocenters. The van der Waals surface area contributed by atoms with Gasteiger partial charge in [0.15, 0.2) is 11.5 Å². The molecular formula is C69H100F2N10O10. The van der Waals surface area contributed by atoms with Gasteiger partial charge in [-0.1, -0.05) is 95.2 Å². The van der Waals surface area contributed by atoms with Gasteiger partial charge < -0.3 is 55.6 Å². The molecule has 5 heterocycles. The zero-order chi connectivity index (χ0) is 63.7. The Morgan fingerprint density at radius 1 is 0.714 bits per heavy atom. The topological polar surface area (TPSA) is 251 Å². The minimum Gasteiger partial charge on any atom is -0.504 e. The Morgan fingerprint density at radius 2 is 1.33 bits per heavy atom. The van der Waals surface area contributed by atoms with Crippen LogP contribution in [-0.4, -0.2) is 172 Å². The third-order valence-electron chi connectivity index (χ3n) is 21.5. The third-order valence-corrected chi connectivity index (χ3v) is 21.5. The number of amides is 5. The van der Waals surface area contributed by atoms with Crippen LogP contribution in [0.15, 0.2) is 42.5 Å². The summed E-state index contributed by atoms with van der Waals surface area (Å²) in [6, 6.07) is 13.9. The molecule has 22 heteroatoms. The number of benzene rings is 2. The lowest BCUT2D eigenvalue weighted by molar-refractivity contribution is -0.192. The quantitative estimate of drug-likeness (QED) is 0.0286. The summed E-state index contributed by atoms with van der Waals surface area (Å²) in [5, 5.41) is 48.0. The second-order valence-electron chi connectivity index (χ2n) is 28.1. The van der Waals surface area contributed by atoms with Crippen molar-refractivity contribution in [3.8, 4) is 11.5 Å². The summed E-state index contributed by atoms with van der Waals surface area (Å²) < 4.78 is 47.7. The van der Waals surface area contributed by atoms with Gasteiger partial charge in [-0.3, -0.25) is 33.8 Å². The van der Waals surface area contributed by atoms with Crippen LogP contribution in [-0.2, 0) is 51.7 Å². The molecule has 8 atom stereocenters. The first-order valence-electron chi connectivity index (χ1n) is 34.7. The summed E-state index contributed by atoms with van der Waals surface area (Å²) in [7, 11) is 0. The fourth-order valence-electron chi connectivity index (χ4n) is 16.8. The maximum Gasteiger partial charge on any atom is 0.248 e. The summed E-state index contributed by atoms with van der Waals surface area (Å²) >= 11 is 0. The zero-order valence-corrected chi connectivity index (χ0v) is 53.7. The first-order chi connectivity index (χ1) is 44.0. The van der Waals surface area contributed by atoms with E-state index in [4.69, 9.17) is 14.2 Å². The number of carbonyl (C=O) groups excluding carboxylic acids is 5. The number of aromatic hydroxyl groups is 1. The van der Waals surface area contributed by atoms with Crippen LogP contribution in [0.3, 0.4) is 0 Å². The maximum atomic E-state index is 13.9. The SMILES string of the molecule is CC(C)c1nnc(CCNC(=O)COCC(=O)NCCCCCCCCCCCNC(=O)COCC(=O)NC2CC[C@@]3(O)[C@H]4Cc5ccc(O)c6c5[C@@]3(CCN4CC3CC3)[C@H]2O6)n1C1CC2CCC(C1)N2CC[C@H](NC(=O)C1CCC(F)(F)CC1)c1ccccc1. The Hall–Kier alpha value is -5.81. The van der Waals surface area contributed by atoms with E-state index in [1.165, 1.54) is 12.8 Å². The molecule has 500 valence electrons. The Labute approximate surface area is 535 Å². The molecule has 3 saturated carbocycles. The Balaban J connectivity index is 0.496. The number of hydrogen-bond donors (Lipinski definition) is 7. The van der Waals surface area contributed by atoms with Crippen LogP contribution in [0.4, 0.5) is 8.78 Å². The smallest absolute Gasteiger partial charge is 0.248 e. The molecule has 2 aromatic carbocycles. The van der Waals surface area contributed by atoms with Gasteiger partial charge in [-0.15, -0.1) is 10.2 Å². The number of aromatic nitrogens is 3. The predicted molar refractivity (Wildman–Crippen MR) is 337 cm³/mol. The van der Waals surface area contributed by atoms with Crippen molar-refractivity contribution in [2.75, 3.05) is 65.7 Å². The second-order valence-corrected chi connectivity index (χ2v) is 28.1. The van der Waals surface area contributed by atoms with E-state index in [9.17, 15) is 43.0 Å². The first-order valence-corrected chi connectivity index (χ1v) is 34.7. The summed E-state index contributed by atoms with van der Waals surface area (Å²) in [6.45, 7) is 7.44. The van der Waals surface area contributed by atoms with Gasteiger partial charge in [-0.25, -0.2) is 8.78 Å². The number of rotatable bonds is 34. The number of nitrogens with one attached hydrogen (secondary N) is 5. The summed E-state index contributed by atoms with van der Waals surface area (Å²) in [6.07, 6.45) is 18.9. The lowest BCUT2D eigenvalue weighted by Crippen LogP contribution is -2.78. The fraction of sp³-hybridized carbons (Fsp3) is 0.725. The van der Waals surface area contributed by atoms with E-state index in [2.05, 4.69) is 65.0 Å². The van der Waals surface area contributed by atoms with Gasteiger partial charge in [-0.05, 0) is 126 Å². The number of alkyl halides is 2. The Bertz CT molecular complexity index is 2960. The fourth-order valence-corrected chi connectivity index (χ4v) is 16.8. The number of halogens is 2. The number of fused-ring (bicyclic) bond motifs is 2. The normalized spacial score (nSPS) is 26.8. The van der Waals surface area contributed by atoms with Crippen molar-refractivity contribution in [1.29, 1.82) is 0 Å². The van der Waals surface area contributed by atoms with Gasteiger partial charge in [0.25, 0.3) is 0 Å². The van der Waals surface area contributed by atoms with E-state index >= 15 is 0 Å². The van der Waals surface area contributed by atoms with E-state index in [-0.39, 0.29) is 117 Å². The molecule has 20 nitrogen and oxygen atoms in total. The average Bonchev–Trinajstić information content (AvgIpc) is 1.58. The van der Waals surface area contributed by atoms with E-state index in [1.807, 2.05) is 36.4 Å². The van der Waals surface area contributed by atoms with E-state index in [1.54, 1.807) is 6.07 Å². The van der Waals surface area contributed by atoms with Crippen LogP contribution >= 0.6 is 0 Å². The highest BCUT2D eigenvalue weighted by Crippen LogP contribution is 2.65. The van der Waals surface area contributed by atoms with Gasteiger partial charge in [0, 0.05) is 93.6 Å². The highest BCUT2D eigenvalue weighted by Gasteiger charge is 2.73. The molecule has 4 aliphatic carbocycles. The summed E-state index contributed by atoms with van der Waals surface area (Å²) in [5.41, 5.74) is 1.30. The average molecular weight is 1270 g/mol. The molecule has 6 fully saturated rings. The van der Waals surface area contributed by atoms with Crippen LogP contribution in [0.5, 0.6) is 11.5 Å². The van der Waals surface area contributed by atoms with Crippen molar-refractivity contribution in [3.05, 3.63) is 70.8 Å². The lowest BCUT2D eigenvalue weighted by Gasteiger charge is -2.64. The van der Waals surface area contributed by atoms with Crippen molar-refractivity contribution in [2.45, 2.75) is 240 Å². The molecule has 4 aliphatic heterocycles. The lowest BCUT2D eigenvalue weighted by atomic mass is 9.48. The van der Waals surface area contributed by atoms with Crippen molar-refractivity contribution >= 4 is 29.5 Å². The number of ether oxygens (including phenoxy) is 3. The molecule has 91 heavy (non-hydrogen) atoms. The Morgan fingerprint density at radius 3 is 1.96 bits per heavy atom. The number of piperidine rings is 2. The predicted octanol–water partition coefficient (Wildman–Crippen LogP) is 7.53. The van der Waals surface area contributed by atoms with E-state index < -0.39 is 29.0 Å². The second kappa shape index (κ2) is 30.1. The molecule has 8 aliphatic rings. The molecule has 0 radical (unpaired) electrons. The molecule has 3 aromatic rings. The number of carbonyl (C=O) groups is 5. The van der Waals surface area contributed by atoms with Crippen LogP contribution in [0.2, 0.25) is 0 Å². The highest BCUT2D eigenvalue weighted by molar-refractivity contribution is 5.81. The van der Waals surface area contributed by atoms with Crippen LogP contribution in [0.25, 0.3) is 0 Å². The van der Waals surface area contributed by atoms with Crippen LogP contribution in [0, 0.1) is 11.8 Å². The van der Waals surface area contributed by atoms with Crippen molar-refractivity contribution in [1.82, 2.24) is 51.1 Å². The standard InChI is InChI=1S/C69H100F2N10O10/c1-45(2)65-78-77-57(81(65)52-38-50-20-21-51(39-52)80(50)35-27-53(47-15-11-10-12-16-47)76-66(87)48-23-28-67(70,71)29-24-48)26-34-74-60(85)43-89-41-58(83)72-32-13-8-6-4-3-5-7-9-14-33-73-59(84)42-90-44-61(86)75-54-25-30-69(88)56-37-49-19-22-55(82)63-62(49)68(69,64(54)91-63)31-36-79(56)40-46-17-18-46/h10-12,15-16,19,22,45-46,48,50-54,56,64,82,88H,3-9,13-14,17-18,20-21,23-44H2,1-2H3,(H,72,83)(H,73,84)(H,74,85)(H,75,86)(H,76,87)/t50?,51?,52?,53-,54?,56+,64-,68-,69+/m0/s1. The van der Waals surface area contributed by atoms with Gasteiger partial charge in [0.05, 0.1) is 23.1 Å². The highest BCUT2D eigenvalue weighted by atomic mass is 19.3. The molecule has 4 bridgehead atoms. The number of phenols is 1.